The molecule has 2 aromatic carbocycles. The number of thiophene rings is 1. The highest BCUT2D eigenvalue weighted by Gasteiger charge is 2.28. The summed E-state index contributed by atoms with van der Waals surface area (Å²) in [5.74, 6) is 0.0805. The lowest BCUT2D eigenvalue weighted by molar-refractivity contribution is 0.0505. The van der Waals surface area contributed by atoms with Crippen LogP contribution >= 0.6 is 11.3 Å². The van der Waals surface area contributed by atoms with E-state index in [9.17, 15) is 9.59 Å². The summed E-state index contributed by atoms with van der Waals surface area (Å²) in [5.41, 5.74) is 4.28. The molecule has 4 aromatic rings. The molecule has 184 valence electrons. The molecule has 0 radical (unpaired) electrons. The number of pyridine rings is 1. The minimum atomic E-state index is -0.358. The van der Waals surface area contributed by atoms with E-state index in [-0.39, 0.29) is 11.9 Å². The number of esters is 1. The first-order valence-electron chi connectivity index (χ1n) is 12.3. The van der Waals surface area contributed by atoms with E-state index in [1.54, 1.807) is 13.2 Å². The number of aryl methyl sites for hydroxylation is 1. The van der Waals surface area contributed by atoms with Gasteiger partial charge in [0.25, 0.3) is 5.91 Å². The molecule has 0 fully saturated rings. The number of methoxy groups -OCH3 is 1. The van der Waals surface area contributed by atoms with Crippen LogP contribution in [0, 0.1) is 0 Å². The van der Waals surface area contributed by atoms with Crippen LogP contribution in [-0.2, 0) is 17.6 Å². The fourth-order valence-corrected chi connectivity index (χ4v) is 5.87. The summed E-state index contributed by atoms with van der Waals surface area (Å²) < 4.78 is 10.9. The number of anilines is 1. The van der Waals surface area contributed by atoms with Crippen molar-refractivity contribution in [2.75, 3.05) is 19.0 Å². The summed E-state index contributed by atoms with van der Waals surface area (Å²) >= 11 is 1.49. The quantitative estimate of drug-likeness (QED) is 0.287. The molecule has 0 saturated heterocycles. The summed E-state index contributed by atoms with van der Waals surface area (Å²) in [5, 5.41) is 4.38. The number of hydrogen-bond acceptors (Lipinski definition) is 6. The highest BCUT2D eigenvalue weighted by atomic mass is 32.1. The van der Waals surface area contributed by atoms with Crippen molar-refractivity contribution in [1.82, 2.24) is 4.98 Å². The molecule has 0 saturated carbocycles. The summed E-state index contributed by atoms with van der Waals surface area (Å²) in [6.45, 7) is 2.32. The largest absolute Gasteiger partial charge is 0.497 e. The van der Waals surface area contributed by atoms with Crippen LogP contribution in [0.5, 0.6) is 5.75 Å². The Balaban J connectivity index is 1.56. The van der Waals surface area contributed by atoms with Crippen LogP contribution in [-0.4, -0.2) is 30.6 Å². The van der Waals surface area contributed by atoms with Crippen LogP contribution in [0.1, 0.15) is 57.3 Å². The van der Waals surface area contributed by atoms with Crippen LogP contribution in [0.15, 0.2) is 54.6 Å². The fraction of sp³-hybridized carbons (Fsp3) is 0.276. The molecule has 5 rings (SSSR count). The maximum Gasteiger partial charge on any atom is 0.341 e. The number of rotatable bonds is 7. The normalized spacial score (nSPS) is 12.7. The van der Waals surface area contributed by atoms with Gasteiger partial charge < -0.3 is 14.8 Å². The lowest BCUT2D eigenvalue weighted by atomic mass is 9.95. The second-order valence-corrected chi connectivity index (χ2v) is 9.91. The summed E-state index contributed by atoms with van der Waals surface area (Å²) in [7, 11) is 1.62. The van der Waals surface area contributed by atoms with Gasteiger partial charge in [0.15, 0.2) is 0 Å². The van der Waals surface area contributed by atoms with Crippen molar-refractivity contribution in [3.8, 4) is 17.0 Å². The first-order chi connectivity index (χ1) is 17.6. The summed E-state index contributed by atoms with van der Waals surface area (Å²) in [4.78, 5) is 32.7. The molecule has 0 spiro atoms. The standard InChI is InChI=1S/C29H28N2O4S/c1-3-15-35-29(33)26-21-12-5-7-14-25(21)36-28(26)31-27(32)22-17-24(18-9-8-10-19(16-18)34-2)30-23-13-6-4-11-20(22)23/h4,6,8-11,13,16-17H,3,5,7,12,14-15H2,1-2H3,(H,31,32). The number of amides is 1. The zero-order valence-corrected chi connectivity index (χ0v) is 21.2. The SMILES string of the molecule is CCCOC(=O)c1c(NC(=O)c2cc(-c3cccc(OC)c3)nc3ccccc23)sc2c1CCCC2. The zero-order valence-electron chi connectivity index (χ0n) is 20.4. The van der Waals surface area contributed by atoms with Gasteiger partial charge in [-0.25, -0.2) is 9.78 Å². The molecular weight excluding hydrogens is 472 g/mol. The maximum absolute atomic E-state index is 13.7. The second-order valence-electron chi connectivity index (χ2n) is 8.81. The van der Waals surface area contributed by atoms with Crippen molar-refractivity contribution in [2.45, 2.75) is 39.0 Å². The topological polar surface area (TPSA) is 77.5 Å². The van der Waals surface area contributed by atoms with E-state index in [4.69, 9.17) is 14.5 Å². The Morgan fingerprint density at radius 2 is 1.89 bits per heavy atom. The summed E-state index contributed by atoms with van der Waals surface area (Å²) in [6.07, 6.45) is 4.61. The number of hydrogen-bond donors (Lipinski definition) is 1. The lowest BCUT2D eigenvalue weighted by Crippen LogP contribution is -2.16. The van der Waals surface area contributed by atoms with Crippen molar-refractivity contribution in [3.63, 3.8) is 0 Å². The Morgan fingerprint density at radius 3 is 2.72 bits per heavy atom. The average molecular weight is 501 g/mol. The molecule has 2 heterocycles. The third kappa shape index (κ3) is 4.71. The molecule has 1 aliphatic carbocycles. The van der Waals surface area contributed by atoms with E-state index in [2.05, 4.69) is 5.32 Å². The number of benzene rings is 2. The Labute approximate surface area is 214 Å². The fourth-order valence-electron chi connectivity index (χ4n) is 4.60. The van der Waals surface area contributed by atoms with E-state index < -0.39 is 0 Å². The van der Waals surface area contributed by atoms with Gasteiger partial charge >= 0.3 is 5.97 Å². The maximum atomic E-state index is 13.7. The molecule has 7 heteroatoms. The van der Waals surface area contributed by atoms with E-state index in [1.165, 1.54) is 11.3 Å². The number of nitrogens with one attached hydrogen (secondary N) is 1. The number of carbonyl (C=O) groups excluding carboxylic acids is 2. The van der Waals surface area contributed by atoms with Crippen molar-refractivity contribution >= 4 is 39.1 Å². The van der Waals surface area contributed by atoms with Crippen molar-refractivity contribution in [3.05, 3.63) is 76.2 Å². The van der Waals surface area contributed by atoms with Crippen LogP contribution in [0.25, 0.3) is 22.2 Å². The molecule has 6 nitrogen and oxygen atoms in total. The average Bonchev–Trinajstić information content (AvgIpc) is 3.28. The molecule has 0 unspecified atom stereocenters. The lowest BCUT2D eigenvalue weighted by Gasteiger charge is -2.13. The van der Waals surface area contributed by atoms with E-state index >= 15 is 0 Å². The molecule has 1 aliphatic rings. The Bertz CT molecular complexity index is 1440. The zero-order chi connectivity index (χ0) is 25.1. The van der Waals surface area contributed by atoms with E-state index in [1.807, 2.05) is 55.5 Å². The number of ether oxygens (including phenoxy) is 2. The molecule has 1 amide bonds. The molecular formula is C29H28N2O4S. The van der Waals surface area contributed by atoms with E-state index in [0.717, 1.165) is 59.0 Å². The van der Waals surface area contributed by atoms with Crippen molar-refractivity contribution < 1.29 is 19.1 Å². The number of para-hydroxylation sites is 1. The van der Waals surface area contributed by atoms with Crippen LogP contribution in [0.2, 0.25) is 0 Å². The number of carbonyl (C=O) groups is 2. The minimum Gasteiger partial charge on any atom is -0.497 e. The van der Waals surface area contributed by atoms with Crippen LogP contribution < -0.4 is 10.1 Å². The van der Waals surface area contributed by atoms with Gasteiger partial charge in [-0.3, -0.25) is 4.79 Å². The predicted octanol–water partition coefficient (Wildman–Crippen LogP) is 6.67. The second kappa shape index (κ2) is 10.5. The van der Waals surface area contributed by atoms with Gasteiger partial charge in [0.05, 0.1) is 36.1 Å². The highest BCUT2D eigenvalue weighted by molar-refractivity contribution is 7.17. The molecule has 1 N–H and O–H groups in total. The molecule has 0 atom stereocenters. The number of aromatic nitrogens is 1. The number of fused-ring (bicyclic) bond motifs is 2. The van der Waals surface area contributed by atoms with Crippen molar-refractivity contribution in [1.29, 1.82) is 0 Å². The molecule has 0 bridgehead atoms. The third-order valence-electron chi connectivity index (χ3n) is 6.37. The van der Waals surface area contributed by atoms with Gasteiger partial charge in [-0.1, -0.05) is 37.3 Å². The van der Waals surface area contributed by atoms with Gasteiger partial charge in [-0.05, 0) is 61.9 Å². The van der Waals surface area contributed by atoms with Crippen molar-refractivity contribution in [2.24, 2.45) is 0 Å². The Morgan fingerprint density at radius 1 is 1.06 bits per heavy atom. The van der Waals surface area contributed by atoms with Crippen LogP contribution in [0.3, 0.4) is 0 Å². The molecule has 2 aromatic heterocycles. The van der Waals surface area contributed by atoms with Gasteiger partial charge in [0.1, 0.15) is 10.8 Å². The van der Waals surface area contributed by atoms with Gasteiger partial charge in [0, 0.05) is 15.8 Å². The molecule has 36 heavy (non-hydrogen) atoms. The first-order valence-corrected chi connectivity index (χ1v) is 13.1. The van der Waals surface area contributed by atoms with Gasteiger partial charge in [-0.15, -0.1) is 11.3 Å². The van der Waals surface area contributed by atoms with Gasteiger partial charge in [-0.2, -0.15) is 0 Å². The molecule has 0 aliphatic heterocycles. The summed E-state index contributed by atoms with van der Waals surface area (Å²) in [6, 6.07) is 17.0. The Kier molecular flexibility index (Phi) is 7.00. The minimum absolute atomic E-state index is 0.277. The predicted molar refractivity (Wildman–Crippen MR) is 143 cm³/mol. The van der Waals surface area contributed by atoms with E-state index in [0.29, 0.717) is 34.2 Å². The first kappa shape index (κ1) is 24.0. The van der Waals surface area contributed by atoms with Crippen LogP contribution in [0.4, 0.5) is 5.00 Å². The Hall–Kier alpha value is -3.71. The van der Waals surface area contributed by atoms with Gasteiger partial charge in [0.2, 0.25) is 0 Å². The number of nitrogens with zero attached hydrogens (tertiary/aromatic N) is 1. The highest BCUT2D eigenvalue weighted by Crippen LogP contribution is 2.39. The monoisotopic (exact) mass is 500 g/mol. The smallest absolute Gasteiger partial charge is 0.341 e. The third-order valence-corrected chi connectivity index (χ3v) is 7.57.